The van der Waals surface area contributed by atoms with E-state index in [1.54, 1.807) is 20.9 Å². The standard InChI is InChI=1S/C5H11NO.C2H5F.C2H6O.C2H6.CH4.Ac/c1-4(6-3)5(2)7;2*1-2-3;1-2;;/h4,6H,1-3H3;2H2,1H3;3H,2H2,1H3;1-2H3;1H4;. The number of halogens is 1. The molecule has 0 aromatic rings. The zero-order valence-electron chi connectivity index (χ0n) is 11.8. The Morgan fingerprint density at radius 2 is 1.53 bits per heavy atom. The molecule has 0 bridgehead atoms. The third-order valence-electron chi connectivity index (χ3n) is 1.04. The van der Waals surface area contributed by atoms with E-state index in [0.29, 0.717) is 0 Å². The maximum absolute atomic E-state index is 10.3. The van der Waals surface area contributed by atoms with Gasteiger partial charge in [-0.25, -0.2) is 0 Å². The summed E-state index contributed by atoms with van der Waals surface area (Å²) >= 11 is 0. The summed E-state index contributed by atoms with van der Waals surface area (Å²) in [6.07, 6.45) is 0. The molecule has 0 aromatic heterocycles. The van der Waals surface area contributed by atoms with Crippen molar-refractivity contribution < 1.29 is 58.4 Å². The molecule has 2 N–H and O–H groups in total. The van der Waals surface area contributed by atoms with Gasteiger partial charge in [-0.1, -0.05) is 21.3 Å². The molecular formula is C12H32AcFNO2. The molecule has 0 saturated heterocycles. The summed E-state index contributed by atoms with van der Waals surface area (Å²) in [4.78, 5) is 10.3. The number of nitrogens with one attached hydrogen (secondary N) is 1. The molecule has 3 nitrogen and oxygen atoms in total. The maximum Gasteiger partial charge on any atom is 0.146 e. The van der Waals surface area contributed by atoms with Crippen molar-refractivity contribution in [1.29, 1.82) is 0 Å². The van der Waals surface area contributed by atoms with Gasteiger partial charge in [-0.15, -0.1) is 0 Å². The van der Waals surface area contributed by atoms with E-state index in [1.165, 1.54) is 6.92 Å². The Labute approximate surface area is 144 Å². The number of Topliss-reactive ketones (excluding diaryl/α,β-unsaturated/α-hetero) is 1. The Balaban J connectivity index is -0.0000000262. The van der Waals surface area contributed by atoms with E-state index in [0.717, 1.165) is 0 Å². The Kier molecular flexibility index (Phi) is 92.5. The monoisotopic (exact) mass is 468 g/mol. The van der Waals surface area contributed by atoms with Gasteiger partial charge in [-0.2, -0.15) is 0 Å². The molecule has 0 aliphatic heterocycles. The molecule has 1 unspecified atom stereocenters. The van der Waals surface area contributed by atoms with Crippen LogP contribution in [0.3, 0.4) is 0 Å². The first kappa shape index (κ1) is 36.1. The quantitative estimate of drug-likeness (QED) is 0.656. The normalized spacial score (nSPS) is 8.06. The van der Waals surface area contributed by atoms with Gasteiger partial charge in [0.15, 0.2) is 0 Å². The third kappa shape index (κ3) is 78.3. The number of likely N-dealkylation sites (N-methyl/N-ethyl adjacent to an activating group) is 1. The van der Waals surface area contributed by atoms with Crippen LogP contribution in [-0.4, -0.2) is 37.3 Å². The minimum atomic E-state index is -0.250. The number of rotatable bonds is 2. The number of ketones is 1. The number of alkyl halides is 1. The summed E-state index contributed by atoms with van der Waals surface area (Å²) in [6.45, 7) is 10.5. The van der Waals surface area contributed by atoms with E-state index >= 15 is 0 Å². The SMILES string of the molecule is C.CC.CCF.CCO.CNC(C)C(C)=O.[Ac]. The fraction of sp³-hybridized carbons (Fsp3) is 0.917. The van der Waals surface area contributed by atoms with Gasteiger partial charge in [0.25, 0.3) is 0 Å². The van der Waals surface area contributed by atoms with Gasteiger partial charge in [-0.05, 0) is 34.7 Å². The van der Waals surface area contributed by atoms with E-state index < -0.39 is 0 Å². The summed E-state index contributed by atoms with van der Waals surface area (Å²) in [5, 5.41) is 10.4. The van der Waals surface area contributed by atoms with Gasteiger partial charge in [0.2, 0.25) is 0 Å². The molecule has 1 atom stereocenters. The largest absolute Gasteiger partial charge is 0.397 e. The molecule has 0 aliphatic carbocycles. The third-order valence-corrected chi connectivity index (χ3v) is 1.04. The molecule has 0 aromatic carbocycles. The number of hydrogen-bond acceptors (Lipinski definition) is 3. The summed E-state index contributed by atoms with van der Waals surface area (Å²) < 4.78 is 10.3. The number of carbonyl (C=O) groups excluding carboxylic acids is 1. The summed E-state index contributed by atoms with van der Waals surface area (Å²) in [5.41, 5.74) is 0. The van der Waals surface area contributed by atoms with E-state index in [2.05, 4.69) is 5.32 Å². The molecule has 0 saturated carbocycles. The van der Waals surface area contributed by atoms with Gasteiger partial charge in [0.1, 0.15) is 5.78 Å². The van der Waals surface area contributed by atoms with Crippen molar-refractivity contribution >= 4 is 5.78 Å². The number of aliphatic hydroxyl groups excluding tert-OH is 1. The minimum Gasteiger partial charge on any atom is -0.397 e. The van der Waals surface area contributed by atoms with Gasteiger partial charge in [-0.3, -0.25) is 9.18 Å². The van der Waals surface area contributed by atoms with Crippen LogP contribution in [0.4, 0.5) is 4.39 Å². The number of hydrogen-bond donors (Lipinski definition) is 2. The molecule has 1 radical (unpaired) electrons. The van der Waals surface area contributed by atoms with Crippen LogP contribution < -0.4 is 5.32 Å². The number of aliphatic hydroxyl groups is 1. The second kappa shape index (κ2) is 43.5. The smallest absolute Gasteiger partial charge is 0.146 e. The summed E-state index contributed by atoms with van der Waals surface area (Å²) in [5.74, 6) is 0.183. The van der Waals surface area contributed by atoms with Gasteiger partial charge < -0.3 is 10.4 Å². The number of carbonyl (C=O) groups is 1. The first-order chi connectivity index (χ1) is 7.01. The minimum absolute atomic E-state index is 0. The topological polar surface area (TPSA) is 49.3 Å². The first-order valence-corrected chi connectivity index (χ1v) is 5.36. The van der Waals surface area contributed by atoms with E-state index in [4.69, 9.17) is 5.11 Å². The van der Waals surface area contributed by atoms with Crippen molar-refractivity contribution in [2.24, 2.45) is 0 Å². The van der Waals surface area contributed by atoms with Crippen molar-refractivity contribution in [2.75, 3.05) is 20.3 Å². The molecule has 0 amide bonds. The molecular weight excluding hydrogens is 436 g/mol. The molecule has 0 fully saturated rings. The molecule has 0 aliphatic rings. The van der Waals surface area contributed by atoms with E-state index in [9.17, 15) is 9.18 Å². The zero-order chi connectivity index (χ0) is 13.3. The Hall–Kier alpha value is 0.962. The van der Waals surface area contributed by atoms with Gasteiger partial charge in [0.05, 0.1) is 12.7 Å². The molecule has 0 rings (SSSR count). The molecule has 17 heavy (non-hydrogen) atoms. The van der Waals surface area contributed by atoms with Crippen molar-refractivity contribution in [3.8, 4) is 0 Å². The fourth-order valence-electron chi connectivity index (χ4n) is 0.203. The van der Waals surface area contributed by atoms with Crippen LogP contribution in [0, 0.1) is 44.1 Å². The van der Waals surface area contributed by atoms with Crippen molar-refractivity contribution in [1.82, 2.24) is 5.32 Å². The average Bonchev–Trinajstić information content (AvgIpc) is 2.22. The van der Waals surface area contributed by atoms with Gasteiger partial charge in [0, 0.05) is 50.7 Å². The Morgan fingerprint density at radius 3 is 1.53 bits per heavy atom. The van der Waals surface area contributed by atoms with Crippen LogP contribution in [0.25, 0.3) is 0 Å². The molecule has 107 valence electrons. The first-order valence-electron chi connectivity index (χ1n) is 5.36. The maximum atomic E-state index is 10.3. The van der Waals surface area contributed by atoms with Crippen LogP contribution in [0.15, 0.2) is 0 Å². The molecule has 5 heteroatoms. The summed E-state index contributed by atoms with van der Waals surface area (Å²) in [6, 6.07) is 0.0139. The molecule has 0 spiro atoms. The van der Waals surface area contributed by atoms with E-state index in [1.807, 2.05) is 20.8 Å². The Morgan fingerprint density at radius 1 is 1.35 bits per heavy atom. The van der Waals surface area contributed by atoms with Crippen LogP contribution in [0.1, 0.15) is 49.0 Å². The van der Waals surface area contributed by atoms with Crippen molar-refractivity contribution in [3.63, 3.8) is 0 Å². The van der Waals surface area contributed by atoms with E-state index in [-0.39, 0.29) is 76.6 Å². The summed E-state index contributed by atoms with van der Waals surface area (Å²) in [7, 11) is 1.77. The molecule has 0 heterocycles. The van der Waals surface area contributed by atoms with Crippen LogP contribution in [0.5, 0.6) is 0 Å². The van der Waals surface area contributed by atoms with Crippen LogP contribution >= 0.6 is 0 Å². The Bertz CT molecular complexity index is 105. The van der Waals surface area contributed by atoms with Crippen LogP contribution in [-0.2, 0) is 4.79 Å². The van der Waals surface area contributed by atoms with Crippen LogP contribution in [0.2, 0.25) is 0 Å². The fourth-order valence-corrected chi connectivity index (χ4v) is 0.203. The zero-order valence-corrected chi connectivity index (χ0v) is 16.5. The van der Waals surface area contributed by atoms with Crippen molar-refractivity contribution in [3.05, 3.63) is 0 Å². The predicted octanol–water partition coefficient (Wildman–Crippen LogP) is 2.82. The van der Waals surface area contributed by atoms with Crippen molar-refractivity contribution in [2.45, 2.75) is 55.0 Å². The average molecular weight is 468 g/mol. The second-order valence-corrected chi connectivity index (χ2v) is 2.20. The predicted molar refractivity (Wildman–Crippen MR) is 71.7 cm³/mol. The van der Waals surface area contributed by atoms with Gasteiger partial charge >= 0.3 is 0 Å². The second-order valence-electron chi connectivity index (χ2n) is 2.20.